The summed E-state index contributed by atoms with van der Waals surface area (Å²) < 4.78 is 2.26. The molecule has 9 rings (SSSR count). The van der Waals surface area contributed by atoms with Crippen LogP contribution in [0.1, 0.15) is 31.9 Å². The van der Waals surface area contributed by atoms with Crippen molar-refractivity contribution in [1.82, 2.24) is 9.55 Å². The van der Waals surface area contributed by atoms with Gasteiger partial charge in [0.15, 0.2) is 0 Å². The molecule has 0 saturated heterocycles. The number of fused-ring (bicyclic) bond motifs is 4. The molecule has 264 valence electrons. The van der Waals surface area contributed by atoms with Crippen molar-refractivity contribution in [2.75, 3.05) is 9.80 Å². The van der Waals surface area contributed by atoms with E-state index in [1.165, 1.54) is 22.2 Å². The number of nitrogens with zero attached hydrogens (tertiary/aromatic N) is 4. The average molecular weight is 885 g/mol. The Morgan fingerprint density at radius 3 is 2.17 bits per heavy atom. The number of anilines is 3. The van der Waals surface area contributed by atoms with Crippen LogP contribution in [0.2, 0.25) is 0 Å². The number of benzene rings is 6. The van der Waals surface area contributed by atoms with Gasteiger partial charge in [0.05, 0.1) is 0 Å². The van der Waals surface area contributed by atoms with E-state index >= 15 is 0 Å². The van der Waals surface area contributed by atoms with Crippen LogP contribution in [0.4, 0.5) is 17.1 Å². The molecular weight excluding hydrogens is 848 g/mol. The Morgan fingerprint density at radius 2 is 1.38 bits per heavy atom. The van der Waals surface area contributed by atoms with Gasteiger partial charge in [-0.1, -0.05) is 117 Å². The topological polar surface area (TPSA) is 24.3 Å². The van der Waals surface area contributed by atoms with Gasteiger partial charge in [0, 0.05) is 50.7 Å². The predicted molar refractivity (Wildman–Crippen MR) is 216 cm³/mol. The van der Waals surface area contributed by atoms with Crippen molar-refractivity contribution in [2.45, 2.75) is 42.5 Å². The first-order chi connectivity index (χ1) is 25.4. The van der Waals surface area contributed by atoms with Crippen LogP contribution in [0, 0.1) is 18.8 Å². The van der Waals surface area contributed by atoms with Crippen LogP contribution in [-0.4, -0.2) is 9.55 Å². The molecule has 0 fully saturated rings. The fourth-order valence-corrected chi connectivity index (χ4v) is 7.94. The summed E-state index contributed by atoms with van der Waals surface area (Å²) >= 11 is 1.69. The minimum atomic E-state index is 0. The molecule has 0 unspecified atom stereocenters. The first-order valence-electron chi connectivity index (χ1n) is 17.7. The van der Waals surface area contributed by atoms with Crippen LogP contribution in [-0.2, 0) is 33.0 Å². The number of aromatic nitrogens is 2. The minimum absolute atomic E-state index is 0. The zero-order valence-electron chi connectivity index (χ0n) is 29.7. The van der Waals surface area contributed by atoms with E-state index in [1.54, 1.807) is 11.8 Å². The van der Waals surface area contributed by atoms with Gasteiger partial charge in [-0.2, -0.15) is 18.8 Å². The summed E-state index contributed by atoms with van der Waals surface area (Å²) in [5.41, 5.74) is 10.3. The first-order valence-corrected chi connectivity index (χ1v) is 18.5. The van der Waals surface area contributed by atoms with Crippen molar-refractivity contribution in [3.63, 3.8) is 0 Å². The number of hydrogen-bond acceptors (Lipinski definition) is 4. The SMILES string of the molecule is CC(C)(C)c1ccnc(-n2c3[c-]c(Sc4[c-]c(N5[CH-]N(Cc6ccccc6)c6ccccc65)cc(-c5ccccc5)c4)ccc3c3ccccc32)c1.[Pt]. The van der Waals surface area contributed by atoms with Gasteiger partial charge in [0.2, 0.25) is 0 Å². The second kappa shape index (κ2) is 14.4. The quantitative estimate of drug-likeness (QED) is 0.149. The van der Waals surface area contributed by atoms with Crippen LogP contribution in [0.15, 0.2) is 162 Å². The number of hydrogen-bond donors (Lipinski definition) is 0. The van der Waals surface area contributed by atoms with Crippen LogP contribution >= 0.6 is 11.8 Å². The molecule has 1 aliphatic rings. The number of pyridine rings is 1. The molecule has 0 atom stereocenters. The Balaban J connectivity index is 0.00000400. The van der Waals surface area contributed by atoms with Crippen LogP contribution in [0.3, 0.4) is 0 Å². The van der Waals surface area contributed by atoms with Crippen molar-refractivity contribution in [3.8, 4) is 16.9 Å². The summed E-state index contributed by atoms with van der Waals surface area (Å²) in [6, 6.07) is 59.3. The Kier molecular flexibility index (Phi) is 9.49. The molecule has 1 aliphatic heterocycles. The fourth-order valence-electron chi connectivity index (χ4n) is 7.08. The maximum atomic E-state index is 4.88. The van der Waals surface area contributed by atoms with Gasteiger partial charge >= 0.3 is 0 Å². The summed E-state index contributed by atoms with van der Waals surface area (Å²) in [5, 5.41) is 2.35. The van der Waals surface area contributed by atoms with E-state index in [9.17, 15) is 0 Å². The van der Waals surface area contributed by atoms with Gasteiger partial charge in [-0.05, 0) is 57.8 Å². The fraction of sp³-hybridized carbons (Fsp3) is 0.106. The Bertz CT molecular complexity index is 2560. The predicted octanol–water partition coefficient (Wildman–Crippen LogP) is 12.2. The van der Waals surface area contributed by atoms with Gasteiger partial charge in [0.1, 0.15) is 5.82 Å². The van der Waals surface area contributed by atoms with Gasteiger partial charge in [-0.3, -0.25) is 0 Å². The van der Waals surface area contributed by atoms with Gasteiger partial charge < -0.3 is 14.4 Å². The molecule has 0 aliphatic carbocycles. The molecule has 0 saturated carbocycles. The van der Waals surface area contributed by atoms with Crippen LogP contribution in [0.25, 0.3) is 38.8 Å². The molecule has 0 bridgehead atoms. The smallest absolute Gasteiger partial charge is 0.135 e. The Labute approximate surface area is 330 Å². The van der Waals surface area contributed by atoms with Gasteiger partial charge in [-0.25, -0.2) is 4.98 Å². The number of rotatable bonds is 7. The minimum Gasteiger partial charge on any atom is -0.498 e. The zero-order valence-corrected chi connectivity index (χ0v) is 32.8. The average Bonchev–Trinajstić information content (AvgIpc) is 3.70. The second-order valence-electron chi connectivity index (χ2n) is 14.3. The second-order valence-corrected chi connectivity index (χ2v) is 15.3. The normalized spacial score (nSPS) is 12.7. The molecule has 8 aromatic rings. The van der Waals surface area contributed by atoms with Crippen molar-refractivity contribution in [3.05, 3.63) is 182 Å². The summed E-state index contributed by atoms with van der Waals surface area (Å²) in [7, 11) is 0. The van der Waals surface area contributed by atoms with Crippen molar-refractivity contribution < 1.29 is 21.1 Å². The molecule has 53 heavy (non-hydrogen) atoms. The summed E-state index contributed by atoms with van der Waals surface area (Å²) in [6.07, 6.45) is 1.93. The summed E-state index contributed by atoms with van der Waals surface area (Å²) in [4.78, 5) is 11.5. The van der Waals surface area contributed by atoms with E-state index in [1.807, 2.05) is 6.20 Å². The summed E-state index contributed by atoms with van der Waals surface area (Å²) in [6.45, 7) is 9.72. The van der Waals surface area contributed by atoms with E-state index in [4.69, 9.17) is 4.98 Å². The Hall–Kier alpha value is -5.09. The molecular formula is C47H37N4PtS-3. The van der Waals surface area contributed by atoms with Crippen molar-refractivity contribution >= 4 is 50.6 Å². The zero-order chi connectivity index (χ0) is 35.2. The van der Waals surface area contributed by atoms with E-state index in [2.05, 4.69) is 200 Å². The molecule has 6 heteroatoms. The first kappa shape index (κ1) is 35.0. The van der Waals surface area contributed by atoms with E-state index < -0.39 is 0 Å². The summed E-state index contributed by atoms with van der Waals surface area (Å²) in [5.74, 6) is 0.903. The largest absolute Gasteiger partial charge is 0.498 e. The van der Waals surface area contributed by atoms with Crippen molar-refractivity contribution in [2.24, 2.45) is 0 Å². The molecule has 0 amide bonds. The Morgan fingerprint density at radius 1 is 0.660 bits per heavy atom. The van der Waals surface area contributed by atoms with Gasteiger partial charge in [0.25, 0.3) is 0 Å². The maximum Gasteiger partial charge on any atom is 0.135 e. The molecule has 6 aromatic carbocycles. The third-order valence-corrected chi connectivity index (χ3v) is 10.6. The van der Waals surface area contributed by atoms with Crippen LogP contribution < -0.4 is 9.80 Å². The van der Waals surface area contributed by atoms with E-state index in [0.717, 1.165) is 61.1 Å². The third kappa shape index (κ3) is 6.80. The van der Waals surface area contributed by atoms with Gasteiger partial charge in [-0.15, -0.1) is 62.5 Å². The standard InChI is InChI=1S/C47H37N4S.Pt/c1-47(2,3)36-24-25-48-46(28-36)51-42-19-11-10-18-40(42)41-23-22-38(30-45(41)51)52-39-27-35(34-16-8-5-9-17-34)26-37(29-39)50-32-49(31-33-14-6-4-7-15-33)43-20-12-13-21-44(43)50;/h4-28,32H,31H2,1-3H3;/q-3;. The third-order valence-electron chi connectivity index (χ3n) is 9.72. The van der Waals surface area contributed by atoms with Crippen molar-refractivity contribution in [1.29, 1.82) is 0 Å². The van der Waals surface area contributed by atoms with E-state index in [-0.39, 0.29) is 26.5 Å². The molecule has 4 nitrogen and oxygen atoms in total. The van der Waals surface area contributed by atoms with E-state index in [0.29, 0.717) is 0 Å². The molecule has 2 aromatic heterocycles. The maximum absolute atomic E-state index is 4.88. The monoisotopic (exact) mass is 884 g/mol. The van der Waals surface area contributed by atoms with Crippen LogP contribution in [0.5, 0.6) is 0 Å². The number of para-hydroxylation sites is 3. The molecule has 0 radical (unpaired) electrons. The molecule has 0 N–H and O–H groups in total. The molecule has 0 spiro atoms. The molecule has 3 heterocycles.